The summed E-state index contributed by atoms with van der Waals surface area (Å²) in [5.74, 6) is -1.07. The fourth-order valence-corrected chi connectivity index (χ4v) is 6.41. The topological polar surface area (TPSA) is 78.9 Å². The van der Waals surface area contributed by atoms with Crippen LogP contribution < -0.4 is 0 Å². The van der Waals surface area contributed by atoms with Crippen molar-refractivity contribution in [3.05, 3.63) is 97.2 Å². The number of unbranched alkanes of at least 4 members (excludes halogenated alkanes) is 17. The molecule has 0 aliphatic heterocycles. The molecule has 6 heteroatoms. The van der Waals surface area contributed by atoms with Crippen LogP contribution in [0.2, 0.25) is 0 Å². The maximum Gasteiger partial charge on any atom is 0.310 e. The minimum absolute atomic E-state index is 0.0926. The lowest BCUT2D eigenvalue weighted by Gasteiger charge is -2.18. The van der Waals surface area contributed by atoms with E-state index in [1.54, 1.807) is 6.08 Å². The zero-order chi connectivity index (χ0) is 44.4. The summed E-state index contributed by atoms with van der Waals surface area (Å²) < 4.78 is 16.6. The molecule has 0 saturated heterocycles. The molecule has 0 aliphatic rings. The SMILES string of the molecule is CC/C=C\C/C=C\C/C=C\C/C=C\C/C=C\CC(=O)OC(COC(=O)CCCCCCCC/C=C\C/C=C\C/C=C\CCCCC)COC(=O)CCCCCCCCCCC. The number of hydrogen-bond acceptors (Lipinski definition) is 6. The van der Waals surface area contributed by atoms with E-state index in [1.165, 1.54) is 77.0 Å². The number of carbonyl (C=O) groups excluding carboxylic acids is 3. The van der Waals surface area contributed by atoms with Crippen LogP contribution >= 0.6 is 0 Å². The van der Waals surface area contributed by atoms with Crippen LogP contribution in [-0.2, 0) is 28.6 Å². The van der Waals surface area contributed by atoms with Gasteiger partial charge in [-0.15, -0.1) is 0 Å². The molecule has 0 aromatic rings. The lowest BCUT2D eigenvalue weighted by Crippen LogP contribution is -2.30. The van der Waals surface area contributed by atoms with E-state index < -0.39 is 12.1 Å². The quantitative estimate of drug-likeness (QED) is 0.0263. The predicted octanol–water partition coefficient (Wildman–Crippen LogP) is 16.2. The number of esters is 3. The Morgan fingerprint density at radius 1 is 0.361 bits per heavy atom. The van der Waals surface area contributed by atoms with Crippen LogP contribution in [0.5, 0.6) is 0 Å². The van der Waals surface area contributed by atoms with E-state index in [4.69, 9.17) is 14.2 Å². The first-order valence-electron chi connectivity index (χ1n) is 24.7. The van der Waals surface area contributed by atoms with E-state index >= 15 is 0 Å². The van der Waals surface area contributed by atoms with Gasteiger partial charge in [0, 0.05) is 12.8 Å². The van der Waals surface area contributed by atoms with Crippen LogP contribution in [0, 0.1) is 0 Å². The Morgan fingerprint density at radius 2 is 0.689 bits per heavy atom. The summed E-state index contributed by atoms with van der Waals surface area (Å²) >= 11 is 0. The molecule has 0 radical (unpaired) electrons. The van der Waals surface area contributed by atoms with Gasteiger partial charge in [0.2, 0.25) is 0 Å². The number of allylic oxidation sites excluding steroid dienone is 15. The molecule has 0 aromatic carbocycles. The van der Waals surface area contributed by atoms with Crippen LogP contribution in [-0.4, -0.2) is 37.2 Å². The van der Waals surface area contributed by atoms with Crippen LogP contribution in [0.15, 0.2) is 97.2 Å². The molecule has 0 aliphatic carbocycles. The maximum absolute atomic E-state index is 12.7. The average Bonchev–Trinajstić information content (AvgIpc) is 3.26. The molecule has 6 nitrogen and oxygen atoms in total. The molecule has 0 amide bonds. The van der Waals surface area contributed by atoms with Crippen molar-refractivity contribution in [1.82, 2.24) is 0 Å². The third kappa shape index (κ3) is 47.2. The van der Waals surface area contributed by atoms with Crippen molar-refractivity contribution in [2.45, 2.75) is 219 Å². The summed E-state index contributed by atoms with van der Waals surface area (Å²) in [4.78, 5) is 37.8. The monoisotopic (exact) mass is 847 g/mol. The van der Waals surface area contributed by atoms with Gasteiger partial charge in [0.05, 0.1) is 6.42 Å². The maximum atomic E-state index is 12.7. The first-order valence-corrected chi connectivity index (χ1v) is 24.7. The Hall–Kier alpha value is -3.67. The molecule has 0 N–H and O–H groups in total. The summed E-state index contributed by atoms with van der Waals surface area (Å²) in [5, 5.41) is 0. The van der Waals surface area contributed by atoms with E-state index in [2.05, 4.69) is 106 Å². The van der Waals surface area contributed by atoms with Crippen molar-refractivity contribution in [2.24, 2.45) is 0 Å². The molecular formula is C55H90O6. The van der Waals surface area contributed by atoms with Gasteiger partial charge in [0.1, 0.15) is 13.2 Å². The Morgan fingerprint density at radius 3 is 1.11 bits per heavy atom. The molecule has 1 atom stereocenters. The minimum atomic E-state index is -0.835. The predicted molar refractivity (Wildman–Crippen MR) is 260 cm³/mol. The Labute approximate surface area is 375 Å². The van der Waals surface area contributed by atoms with Gasteiger partial charge in [-0.25, -0.2) is 0 Å². The second-order valence-electron chi connectivity index (χ2n) is 16.0. The van der Waals surface area contributed by atoms with Gasteiger partial charge >= 0.3 is 17.9 Å². The lowest BCUT2D eigenvalue weighted by molar-refractivity contribution is -0.166. The largest absolute Gasteiger partial charge is 0.462 e. The summed E-state index contributed by atoms with van der Waals surface area (Å²) in [6.07, 6.45) is 64.2. The Balaban J connectivity index is 4.48. The van der Waals surface area contributed by atoms with Gasteiger partial charge < -0.3 is 14.2 Å². The van der Waals surface area contributed by atoms with Gasteiger partial charge in [0.15, 0.2) is 6.10 Å². The molecule has 0 heterocycles. The van der Waals surface area contributed by atoms with Gasteiger partial charge in [-0.05, 0) is 83.5 Å². The Bertz CT molecular complexity index is 1250. The molecule has 346 valence electrons. The van der Waals surface area contributed by atoms with Gasteiger partial charge in [-0.2, -0.15) is 0 Å². The summed E-state index contributed by atoms with van der Waals surface area (Å²) in [5.41, 5.74) is 0. The first kappa shape index (κ1) is 57.3. The number of carbonyl (C=O) groups is 3. The number of ether oxygens (including phenoxy) is 3. The highest BCUT2D eigenvalue weighted by atomic mass is 16.6. The fourth-order valence-electron chi connectivity index (χ4n) is 6.41. The van der Waals surface area contributed by atoms with Crippen molar-refractivity contribution in [1.29, 1.82) is 0 Å². The van der Waals surface area contributed by atoms with Gasteiger partial charge in [0.25, 0.3) is 0 Å². The number of rotatable bonds is 43. The molecule has 1 unspecified atom stereocenters. The van der Waals surface area contributed by atoms with E-state index in [-0.39, 0.29) is 31.6 Å². The van der Waals surface area contributed by atoms with Crippen LogP contribution in [0.25, 0.3) is 0 Å². The third-order valence-corrected chi connectivity index (χ3v) is 10.1. The average molecular weight is 847 g/mol. The van der Waals surface area contributed by atoms with E-state index in [0.717, 1.165) is 96.3 Å². The molecule has 0 bridgehead atoms. The van der Waals surface area contributed by atoms with Crippen LogP contribution in [0.4, 0.5) is 0 Å². The second-order valence-corrected chi connectivity index (χ2v) is 16.0. The second kappa shape index (κ2) is 49.0. The van der Waals surface area contributed by atoms with Crippen LogP contribution in [0.1, 0.15) is 213 Å². The number of hydrogen-bond donors (Lipinski definition) is 0. The van der Waals surface area contributed by atoms with Gasteiger partial charge in [-0.3, -0.25) is 14.4 Å². The molecule has 0 saturated carbocycles. The molecular weight excluding hydrogens is 757 g/mol. The van der Waals surface area contributed by atoms with E-state index in [1.807, 2.05) is 6.08 Å². The summed E-state index contributed by atoms with van der Waals surface area (Å²) in [6, 6.07) is 0. The lowest BCUT2D eigenvalue weighted by atomic mass is 10.1. The molecule has 61 heavy (non-hydrogen) atoms. The van der Waals surface area contributed by atoms with Crippen molar-refractivity contribution in [3.63, 3.8) is 0 Å². The van der Waals surface area contributed by atoms with Crippen molar-refractivity contribution in [3.8, 4) is 0 Å². The molecule has 0 aromatic heterocycles. The molecule has 0 fully saturated rings. The highest BCUT2D eigenvalue weighted by molar-refractivity contribution is 5.72. The highest BCUT2D eigenvalue weighted by Gasteiger charge is 2.19. The fraction of sp³-hybridized carbons (Fsp3) is 0.655. The first-order chi connectivity index (χ1) is 30.0. The molecule has 0 rings (SSSR count). The minimum Gasteiger partial charge on any atom is -0.462 e. The summed E-state index contributed by atoms with van der Waals surface area (Å²) in [7, 11) is 0. The van der Waals surface area contributed by atoms with Crippen molar-refractivity contribution in [2.75, 3.05) is 13.2 Å². The summed E-state index contributed by atoms with van der Waals surface area (Å²) in [6.45, 7) is 6.36. The molecule has 0 spiro atoms. The zero-order valence-electron chi connectivity index (χ0n) is 39.4. The van der Waals surface area contributed by atoms with E-state index in [0.29, 0.717) is 12.8 Å². The normalized spacial score (nSPS) is 12.9. The Kier molecular flexibility index (Phi) is 46.0. The van der Waals surface area contributed by atoms with Crippen LogP contribution in [0.3, 0.4) is 0 Å². The third-order valence-electron chi connectivity index (χ3n) is 10.1. The highest BCUT2D eigenvalue weighted by Crippen LogP contribution is 2.13. The van der Waals surface area contributed by atoms with E-state index in [9.17, 15) is 14.4 Å². The standard InChI is InChI=1S/C55H90O6/c1-4-7-10-13-16-19-21-23-25-26-27-28-30-31-33-36-39-42-45-48-54(57)60-51-52(50-59-53(56)47-44-41-38-35-18-15-12-9-6-3)61-55(58)49-46-43-40-37-34-32-29-24-22-20-17-14-11-8-5-2/h8,11,16-17,19-20,23-25,27-29,34,37,43,46,52H,4-7,9-10,12-15,18,21-22,26,30-33,35-36,38-42,44-45,47-51H2,1-3H3/b11-8-,19-16-,20-17-,25-23-,28-27-,29-24-,37-34-,46-43-. The zero-order valence-corrected chi connectivity index (χ0v) is 39.4. The van der Waals surface area contributed by atoms with Gasteiger partial charge in [-0.1, -0.05) is 208 Å². The van der Waals surface area contributed by atoms with Crippen molar-refractivity contribution < 1.29 is 28.6 Å². The smallest absolute Gasteiger partial charge is 0.310 e. The van der Waals surface area contributed by atoms with Crippen molar-refractivity contribution >= 4 is 17.9 Å².